The smallest absolute Gasteiger partial charge is 0.341 e. The third-order valence-electron chi connectivity index (χ3n) is 4.66. The third-order valence-corrected chi connectivity index (χ3v) is 4.66. The first-order valence-electron chi connectivity index (χ1n) is 10.9. The Morgan fingerprint density at radius 2 is 1.47 bits per heavy atom. The first-order valence-corrected chi connectivity index (χ1v) is 10.9. The molecule has 3 unspecified atom stereocenters. The number of benzene rings is 2. The zero-order chi connectivity index (χ0) is 27.5. The Kier molecular flexibility index (Phi) is 12.0. The molecule has 0 aromatic heterocycles. The predicted octanol–water partition coefficient (Wildman–Crippen LogP) is 1.35. The number of aliphatic hydroxyl groups is 3. The van der Waals surface area contributed by atoms with Crippen molar-refractivity contribution in [3.05, 3.63) is 65.2 Å². The fourth-order valence-electron chi connectivity index (χ4n) is 2.68. The van der Waals surface area contributed by atoms with Crippen molar-refractivity contribution in [2.75, 3.05) is 13.7 Å². The van der Waals surface area contributed by atoms with Gasteiger partial charge in [-0.3, -0.25) is 0 Å². The Labute approximate surface area is 208 Å². The van der Waals surface area contributed by atoms with Crippen LogP contribution in [0.25, 0.3) is 0 Å². The van der Waals surface area contributed by atoms with Crippen LogP contribution in [0, 0.1) is 0 Å². The van der Waals surface area contributed by atoms with E-state index in [0.29, 0.717) is 30.0 Å². The monoisotopic (exact) mass is 507 g/mol. The topological polar surface area (TPSA) is 183 Å². The molecule has 0 saturated heterocycles. The van der Waals surface area contributed by atoms with Crippen LogP contribution in [0.15, 0.2) is 48.5 Å². The molecule has 0 bridgehead atoms. The molecule has 0 heterocycles. The van der Waals surface area contributed by atoms with Crippen molar-refractivity contribution in [2.45, 2.75) is 51.2 Å². The maximum atomic E-state index is 12.1. The number of carbonyl (C=O) groups excluding carboxylic acids is 1. The number of esters is 1. The van der Waals surface area contributed by atoms with Gasteiger partial charge in [0.2, 0.25) is 0 Å². The molecule has 0 aliphatic rings. The van der Waals surface area contributed by atoms with Crippen molar-refractivity contribution in [2.24, 2.45) is 0 Å². The summed E-state index contributed by atoms with van der Waals surface area (Å²) in [6, 6.07) is 14.8. The predicted molar refractivity (Wildman–Crippen MR) is 129 cm³/mol. The lowest BCUT2D eigenvalue weighted by atomic mass is 10.0. The minimum atomic E-state index is -2.27. The molecule has 0 spiro atoms. The van der Waals surface area contributed by atoms with E-state index in [1.807, 2.05) is 51.1 Å². The Bertz CT molecular complexity index is 986. The van der Waals surface area contributed by atoms with Crippen molar-refractivity contribution in [3.63, 3.8) is 0 Å². The molecule has 3 atom stereocenters. The number of aliphatic carboxylic acids is 2. The summed E-state index contributed by atoms with van der Waals surface area (Å²) in [5, 5.41) is 46.2. The largest absolute Gasteiger partial charge is 0.488 e. The summed E-state index contributed by atoms with van der Waals surface area (Å²) in [5.74, 6) is -3.60. The van der Waals surface area contributed by atoms with E-state index in [4.69, 9.17) is 29.9 Å². The van der Waals surface area contributed by atoms with Crippen LogP contribution in [-0.2, 0) is 20.9 Å². The lowest BCUT2D eigenvalue weighted by Crippen LogP contribution is -2.39. The molecular formula is C25H33NO10. The average Bonchev–Trinajstić information content (AvgIpc) is 2.84. The molecule has 2 aromatic carbocycles. The second kappa shape index (κ2) is 14.1. The van der Waals surface area contributed by atoms with Crippen LogP contribution in [0.3, 0.4) is 0 Å². The van der Waals surface area contributed by atoms with E-state index in [2.05, 4.69) is 5.32 Å². The number of methoxy groups -OCH3 is 1. The van der Waals surface area contributed by atoms with Gasteiger partial charge in [0.1, 0.15) is 17.9 Å². The van der Waals surface area contributed by atoms with Crippen molar-refractivity contribution in [1.82, 2.24) is 5.32 Å². The molecule has 36 heavy (non-hydrogen) atoms. The van der Waals surface area contributed by atoms with Crippen LogP contribution in [0.5, 0.6) is 5.75 Å². The number of carboxylic acids is 2. The third kappa shape index (κ3) is 10.4. The van der Waals surface area contributed by atoms with Gasteiger partial charge in [0.25, 0.3) is 0 Å². The number of aliphatic hydroxyl groups excluding tert-OH is 3. The summed E-state index contributed by atoms with van der Waals surface area (Å²) < 4.78 is 10.7. The molecule has 2 aromatic rings. The van der Waals surface area contributed by atoms with E-state index in [1.165, 1.54) is 7.11 Å². The average molecular weight is 508 g/mol. The highest BCUT2D eigenvalue weighted by atomic mass is 16.5. The van der Waals surface area contributed by atoms with Gasteiger partial charge in [0.15, 0.2) is 12.2 Å². The molecular weight excluding hydrogens is 474 g/mol. The normalized spacial score (nSPS) is 13.4. The summed E-state index contributed by atoms with van der Waals surface area (Å²) in [4.78, 5) is 31.7. The number of hydrogen-bond donors (Lipinski definition) is 6. The molecule has 198 valence electrons. The Balaban J connectivity index is 0.000000548. The summed E-state index contributed by atoms with van der Waals surface area (Å²) in [5.41, 5.74) is 1.83. The number of ether oxygens (including phenoxy) is 2. The van der Waals surface area contributed by atoms with Gasteiger partial charge in [-0.2, -0.15) is 0 Å². The van der Waals surface area contributed by atoms with Crippen molar-refractivity contribution in [3.8, 4) is 5.75 Å². The Morgan fingerprint density at radius 3 is 1.94 bits per heavy atom. The van der Waals surface area contributed by atoms with E-state index in [0.717, 1.165) is 5.56 Å². The van der Waals surface area contributed by atoms with E-state index in [-0.39, 0.29) is 5.54 Å². The van der Waals surface area contributed by atoms with Crippen molar-refractivity contribution in [1.29, 1.82) is 0 Å². The van der Waals surface area contributed by atoms with Gasteiger partial charge in [-0.05, 0) is 44.0 Å². The highest BCUT2D eigenvalue weighted by molar-refractivity contribution is 5.92. The van der Waals surface area contributed by atoms with Gasteiger partial charge in [-0.15, -0.1) is 0 Å². The Morgan fingerprint density at radius 1 is 0.917 bits per heavy atom. The SMILES string of the molecule is COC(=O)c1cc(C(O)CNC(C)(C)C)ccc1OCc1ccccc1.O=C(O)C(O)C(O)C(=O)O. The molecule has 0 radical (unpaired) electrons. The Hall–Kier alpha value is -3.51. The van der Waals surface area contributed by atoms with E-state index < -0.39 is 36.2 Å². The van der Waals surface area contributed by atoms with Crippen molar-refractivity contribution >= 4 is 17.9 Å². The molecule has 0 aliphatic carbocycles. The van der Waals surface area contributed by atoms with Crippen LogP contribution in [0.4, 0.5) is 0 Å². The molecule has 2 rings (SSSR count). The molecule has 0 saturated carbocycles. The fourth-order valence-corrected chi connectivity index (χ4v) is 2.68. The van der Waals surface area contributed by atoms with Gasteiger partial charge in [-0.1, -0.05) is 36.4 Å². The summed E-state index contributed by atoms with van der Waals surface area (Å²) >= 11 is 0. The van der Waals surface area contributed by atoms with E-state index in [9.17, 15) is 19.5 Å². The number of hydrogen-bond acceptors (Lipinski definition) is 9. The minimum Gasteiger partial charge on any atom is -0.488 e. The molecule has 0 amide bonds. The second-order valence-electron chi connectivity index (χ2n) is 8.73. The fraction of sp³-hybridized carbons (Fsp3) is 0.400. The van der Waals surface area contributed by atoms with Gasteiger partial charge in [-0.25, -0.2) is 14.4 Å². The molecule has 6 N–H and O–H groups in total. The van der Waals surface area contributed by atoms with Crippen LogP contribution in [0.2, 0.25) is 0 Å². The zero-order valence-electron chi connectivity index (χ0n) is 20.5. The summed E-state index contributed by atoms with van der Waals surface area (Å²) in [7, 11) is 1.33. The van der Waals surface area contributed by atoms with Crippen molar-refractivity contribution < 1.29 is 49.4 Å². The standard InChI is InChI=1S/C21H27NO4.C4H6O6/c1-21(2,3)22-13-18(23)16-10-11-19(17(12-16)20(24)25-4)26-14-15-8-6-5-7-9-15;5-1(3(7)8)2(6)4(9)10/h5-12,18,22-23H,13-14H2,1-4H3;1-2,5-6H,(H,7,8)(H,9,10). The van der Waals surface area contributed by atoms with Gasteiger partial charge in [0, 0.05) is 12.1 Å². The summed E-state index contributed by atoms with van der Waals surface area (Å²) in [6.45, 7) is 6.81. The highest BCUT2D eigenvalue weighted by Gasteiger charge is 2.29. The zero-order valence-corrected chi connectivity index (χ0v) is 20.5. The van der Waals surface area contributed by atoms with Crippen LogP contribution in [-0.4, -0.2) is 74.8 Å². The molecule has 11 heteroatoms. The lowest BCUT2D eigenvalue weighted by molar-refractivity contribution is -0.165. The highest BCUT2D eigenvalue weighted by Crippen LogP contribution is 2.25. The molecule has 0 aliphatic heterocycles. The van der Waals surface area contributed by atoms with Gasteiger partial charge < -0.3 is 40.3 Å². The van der Waals surface area contributed by atoms with E-state index in [1.54, 1.807) is 18.2 Å². The van der Waals surface area contributed by atoms with Gasteiger partial charge >= 0.3 is 17.9 Å². The molecule has 0 fully saturated rings. The van der Waals surface area contributed by atoms with Crippen LogP contribution >= 0.6 is 0 Å². The van der Waals surface area contributed by atoms with Crippen LogP contribution in [0.1, 0.15) is 48.4 Å². The minimum absolute atomic E-state index is 0.106. The van der Waals surface area contributed by atoms with Gasteiger partial charge in [0.05, 0.1) is 13.2 Å². The number of carbonyl (C=O) groups is 3. The first-order chi connectivity index (χ1) is 16.8. The second-order valence-corrected chi connectivity index (χ2v) is 8.73. The lowest BCUT2D eigenvalue weighted by Gasteiger charge is -2.23. The first kappa shape index (κ1) is 30.5. The number of nitrogens with one attached hydrogen (secondary N) is 1. The number of carboxylic acid groups (broad SMARTS) is 2. The summed E-state index contributed by atoms with van der Waals surface area (Å²) in [6.07, 6.45) is -5.27. The quantitative estimate of drug-likeness (QED) is 0.255. The number of β-amino-alcohol motifs (C(OH)–C–C–N with tert-alkyl or cyclic N) is 1. The maximum absolute atomic E-state index is 12.1. The van der Waals surface area contributed by atoms with Crippen LogP contribution < -0.4 is 10.1 Å². The van der Waals surface area contributed by atoms with E-state index >= 15 is 0 Å². The number of rotatable bonds is 10. The molecule has 11 nitrogen and oxygen atoms in total. The maximum Gasteiger partial charge on any atom is 0.341 e.